The molecule has 0 amide bonds. The maximum absolute atomic E-state index is 5.87. The van der Waals surface area contributed by atoms with E-state index in [1.807, 2.05) is 12.1 Å². The lowest BCUT2D eigenvalue weighted by atomic mass is 10.1. The summed E-state index contributed by atoms with van der Waals surface area (Å²) in [5, 5.41) is 0.672. The number of oxazole rings is 1. The molecule has 1 aromatic carbocycles. The first kappa shape index (κ1) is 11.4. The van der Waals surface area contributed by atoms with Gasteiger partial charge in [-0.1, -0.05) is 18.5 Å². The average molecular weight is 239 g/mol. The zero-order valence-corrected chi connectivity index (χ0v) is 10.00. The summed E-state index contributed by atoms with van der Waals surface area (Å²) >= 11 is 5.87. The molecule has 1 aromatic heterocycles. The SMILES string of the molecule is CC(CN)CCc1nc2ccc(Cl)cc2o1. The van der Waals surface area contributed by atoms with Gasteiger partial charge in [-0.3, -0.25) is 0 Å². The molecule has 16 heavy (non-hydrogen) atoms. The molecule has 1 unspecified atom stereocenters. The van der Waals surface area contributed by atoms with Crippen LogP contribution in [0.15, 0.2) is 22.6 Å². The number of aryl methyl sites for hydroxylation is 1. The quantitative estimate of drug-likeness (QED) is 0.891. The van der Waals surface area contributed by atoms with Crippen LogP contribution in [0.3, 0.4) is 0 Å². The van der Waals surface area contributed by atoms with E-state index < -0.39 is 0 Å². The van der Waals surface area contributed by atoms with Crippen LogP contribution in [0, 0.1) is 5.92 Å². The van der Waals surface area contributed by atoms with Crippen LogP contribution < -0.4 is 5.73 Å². The van der Waals surface area contributed by atoms with Crippen LogP contribution in [0.2, 0.25) is 5.02 Å². The molecule has 2 rings (SSSR count). The lowest BCUT2D eigenvalue weighted by molar-refractivity contribution is 0.471. The zero-order valence-electron chi connectivity index (χ0n) is 9.24. The van der Waals surface area contributed by atoms with Gasteiger partial charge in [-0.2, -0.15) is 0 Å². The highest BCUT2D eigenvalue weighted by Gasteiger charge is 2.07. The lowest BCUT2D eigenvalue weighted by Crippen LogP contribution is -2.11. The number of rotatable bonds is 4. The summed E-state index contributed by atoms with van der Waals surface area (Å²) in [6.07, 6.45) is 1.82. The number of fused-ring (bicyclic) bond motifs is 1. The Bertz CT molecular complexity index is 481. The van der Waals surface area contributed by atoms with Crippen molar-refractivity contribution in [2.24, 2.45) is 11.7 Å². The Morgan fingerprint density at radius 3 is 3.06 bits per heavy atom. The van der Waals surface area contributed by atoms with Gasteiger partial charge in [0, 0.05) is 17.5 Å². The fourth-order valence-corrected chi connectivity index (χ4v) is 1.70. The van der Waals surface area contributed by atoms with E-state index in [4.69, 9.17) is 21.8 Å². The van der Waals surface area contributed by atoms with Crippen LogP contribution >= 0.6 is 11.6 Å². The summed E-state index contributed by atoms with van der Waals surface area (Å²) < 4.78 is 5.61. The fraction of sp³-hybridized carbons (Fsp3) is 0.417. The van der Waals surface area contributed by atoms with Crippen molar-refractivity contribution in [3.8, 4) is 0 Å². The second-order valence-corrected chi connectivity index (χ2v) is 4.54. The number of halogens is 1. The highest BCUT2D eigenvalue weighted by atomic mass is 35.5. The molecule has 0 aliphatic carbocycles. The van der Waals surface area contributed by atoms with Gasteiger partial charge in [-0.05, 0) is 31.0 Å². The minimum atomic E-state index is 0.499. The van der Waals surface area contributed by atoms with Crippen molar-refractivity contribution >= 4 is 22.7 Å². The summed E-state index contributed by atoms with van der Waals surface area (Å²) in [5.74, 6) is 1.26. The predicted molar refractivity (Wildman–Crippen MR) is 65.6 cm³/mol. The van der Waals surface area contributed by atoms with Gasteiger partial charge in [0.15, 0.2) is 11.5 Å². The van der Waals surface area contributed by atoms with Gasteiger partial charge in [0.1, 0.15) is 5.52 Å². The molecular weight excluding hydrogens is 224 g/mol. The summed E-state index contributed by atoms with van der Waals surface area (Å²) in [5.41, 5.74) is 7.18. The molecule has 4 heteroatoms. The topological polar surface area (TPSA) is 52.0 Å². The molecule has 0 radical (unpaired) electrons. The van der Waals surface area contributed by atoms with Crippen LogP contribution in [0.1, 0.15) is 19.2 Å². The molecule has 2 aromatic rings. The van der Waals surface area contributed by atoms with Gasteiger partial charge >= 0.3 is 0 Å². The second kappa shape index (κ2) is 4.85. The highest BCUT2D eigenvalue weighted by Crippen LogP contribution is 2.21. The van der Waals surface area contributed by atoms with Gasteiger partial charge in [0.05, 0.1) is 0 Å². The second-order valence-electron chi connectivity index (χ2n) is 4.10. The molecule has 0 aliphatic rings. The van der Waals surface area contributed by atoms with Gasteiger partial charge in [0.25, 0.3) is 0 Å². The van der Waals surface area contributed by atoms with Crippen molar-refractivity contribution in [3.05, 3.63) is 29.1 Å². The van der Waals surface area contributed by atoms with E-state index in [9.17, 15) is 0 Å². The number of hydrogen-bond acceptors (Lipinski definition) is 3. The van der Waals surface area contributed by atoms with Crippen LogP contribution in [0.25, 0.3) is 11.1 Å². The smallest absolute Gasteiger partial charge is 0.195 e. The minimum absolute atomic E-state index is 0.499. The van der Waals surface area contributed by atoms with Gasteiger partial charge in [-0.15, -0.1) is 0 Å². The number of nitrogens with two attached hydrogens (primary N) is 1. The molecule has 1 atom stereocenters. The Balaban J connectivity index is 2.13. The molecule has 0 spiro atoms. The standard InChI is InChI=1S/C12H15ClN2O/c1-8(7-14)2-5-12-15-10-4-3-9(13)6-11(10)16-12/h3-4,6,8H,2,5,7,14H2,1H3. The van der Waals surface area contributed by atoms with Gasteiger partial charge < -0.3 is 10.2 Å². The number of aromatic nitrogens is 1. The lowest BCUT2D eigenvalue weighted by Gasteiger charge is -2.04. The molecule has 3 nitrogen and oxygen atoms in total. The van der Waals surface area contributed by atoms with Crippen LogP contribution in [0.4, 0.5) is 0 Å². The fourth-order valence-electron chi connectivity index (χ4n) is 1.54. The summed E-state index contributed by atoms with van der Waals surface area (Å²) in [7, 11) is 0. The first-order valence-corrected chi connectivity index (χ1v) is 5.82. The normalized spacial score (nSPS) is 13.2. The van der Waals surface area contributed by atoms with Crippen LogP contribution in [-0.2, 0) is 6.42 Å². The Morgan fingerprint density at radius 1 is 1.50 bits per heavy atom. The molecule has 0 bridgehead atoms. The molecule has 0 fully saturated rings. The van der Waals surface area contributed by atoms with Crippen molar-refractivity contribution < 1.29 is 4.42 Å². The van der Waals surface area contributed by atoms with Crippen molar-refractivity contribution in [2.75, 3.05) is 6.54 Å². The van der Waals surface area contributed by atoms with Crippen molar-refractivity contribution in [3.63, 3.8) is 0 Å². The van der Waals surface area contributed by atoms with Crippen molar-refractivity contribution in [1.82, 2.24) is 4.98 Å². The Morgan fingerprint density at radius 2 is 2.31 bits per heavy atom. The monoisotopic (exact) mass is 238 g/mol. The van der Waals surface area contributed by atoms with Crippen molar-refractivity contribution in [2.45, 2.75) is 19.8 Å². The third kappa shape index (κ3) is 2.54. The maximum Gasteiger partial charge on any atom is 0.195 e. The zero-order chi connectivity index (χ0) is 11.5. The first-order valence-electron chi connectivity index (χ1n) is 5.44. The summed E-state index contributed by atoms with van der Waals surface area (Å²) in [6, 6.07) is 5.48. The predicted octanol–water partition coefficient (Wildman–Crippen LogP) is 3.01. The van der Waals surface area contributed by atoms with Gasteiger partial charge in [-0.25, -0.2) is 4.98 Å². The van der Waals surface area contributed by atoms with E-state index in [0.717, 1.165) is 29.8 Å². The largest absolute Gasteiger partial charge is 0.441 e. The molecule has 0 saturated heterocycles. The number of hydrogen-bond donors (Lipinski definition) is 1. The molecular formula is C12H15ClN2O. The first-order chi connectivity index (χ1) is 7.69. The third-order valence-corrected chi connectivity index (χ3v) is 2.88. The van der Waals surface area contributed by atoms with E-state index >= 15 is 0 Å². The number of nitrogens with zero attached hydrogens (tertiary/aromatic N) is 1. The Labute approximate surface area is 99.6 Å². The summed E-state index contributed by atoms with van der Waals surface area (Å²) in [6.45, 7) is 2.82. The third-order valence-electron chi connectivity index (χ3n) is 2.65. The Hall–Kier alpha value is -1.06. The number of benzene rings is 1. The molecule has 0 saturated carbocycles. The van der Waals surface area contributed by atoms with Crippen LogP contribution in [0.5, 0.6) is 0 Å². The molecule has 1 heterocycles. The van der Waals surface area contributed by atoms with Gasteiger partial charge in [0.2, 0.25) is 0 Å². The van der Waals surface area contributed by atoms with Crippen LogP contribution in [-0.4, -0.2) is 11.5 Å². The molecule has 0 aliphatic heterocycles. The van der Waals surface area contributed by atoms with E-state index in [1.165, 1.54) is 0 Å². The molecule has 2 N–H and O–H groups in total. The van der Waals surface area contributed by atoms with E-state index in [2.05, 4.69) is 11.9 Å². The van der Waals surface area contributed by atoms with E-state index in [0.29, 0.717) is 17.5 Å². The van der Waals surface area contributed by atoms with E-state index in [1.54, 1.807) is 6.07 Å². The minimum Gasteiger partial charge on any atom is -0.441 e. The maximum atomic E-state index is 5.87. The Kier molecular flexibility index (Phi) is 3.46. The summed E-state index contributed by atoms with van der Waals surface area (Å²) in [4.78, 5) is 4.39. The van der Waals surface area contributed by atoms with E-state index in [-0.39, 0.29) is 0 Å². The average Bonchev–Trinajstić information content (AvgIpc) is 2.67. The van der Waals surface area contributed by atoms with Crippen molar-refractivity contribution in [1.29, 1.82) is 0 Å². The molecule has 86 valence electrons. The highest BCUT2D eigenvalue weighted by molar-refractivity contribution is 6.31.